The van der Waals surface area contributed by atoms with E-state index in [0.717, 1.165) is 62.8 Å². The Labute approximate surface area is 200 Å². The van der Waals surface area contributed by atoms with Gasteiger partial charge in [-0.25, -0.2) is 4.90 Å². The van der Waals surface area contributed by atoms with Gasteiger partial charge in [-0.1, -0.05) is 19.4 Å². The summed E-state index contributed by atoms with van der Waals surface area (Å²) in [6.45, 7) is 7.08. The molecule has 0 N–H and O–H groups in total. The Morgan fingerprint density at radius 3 is 2.50 bits per heavy atom. The van der Waals surface area contributed by atoms with Gasteiger partial charge in [0.05, 0.1) is 24.8 Å². The lowest BCUT2D eigenvalue weighted by Gasteiger charge is -2.37. The van der Waals surface area contributed by atoms with Crippen LogP contribution in [0.2, 0.25) is 0 Å². The molecule has 0 saturated carbocycles. The lowest BCUT2D eigenvalue weighted by molar-refractivity contribution is -0.123. The summed E-state index contributed by atoms with van der Waals surface area (Å²) in [6.07, 6.45) is 2.30. The number of rotatable bonds is 8. The van der Waals surface area contributed by atoms with Gasteiger partial charge in [-0.2, -0.15) is 0 Å². The number of fused-ring (bicyclic) bond motifs is 1. The van der Waals surface area contributed by atoms with E-state index in [2.05, 4.69) is 22.8 Å². The van der Waals surface area contributed by atoms with Crippen molar-refractivity contribution in [3.8, 4) is 17.2 Å². The molecule has 0 aromatic heterocycles. The molecule has 2 aromatic carbocycles. The third-order valence-corrected chi connectivity index (χ3v) is 6.68. The fourth-order valence-corrected chi connectivity index (χ4v) is 4.73. The molecule has 2 amide bonds. The third-order valence-electron chi connectivity index (χ3n) is 6.68. The molecule has 0 spiro atoms. The SMILES string of the molecule is CCCCOc1ccc(N2C(=O)CC(N3CCN(Cc4ccc5c(c4)OCO5)CC3)C2=O)cc1. The Balaban J connectivity index is 1.16. The molecule has 0 aliphatic carbocycles. The maximum absolute atomic E-state index is 13.2. The molecule has 2 saturated heterocycles. The molecule has 8 nitrogen and oxygen atoms in total. The second-order valence-electron chi connectivity index (χ2n) is 8.98. The maximum atomic E-state index is 13.2. The van der Waals surface area contributed by atoms with E-state index in [1.807, 2.05) is 24.3 Å². The van der Waals surface area contributed by atoms with Crippen molar-refractivity contribution in [2.75, 3.05) is 44.5 Å². The Hall–Kier alpha value is -3.10. The van der Waals surface area contributed by atoms with E-state index in [1.165, 1.54) is 10.5 Å². The number of ether oxygens (including phenoxy) is 3. The fraction of sp³-hybridized carbons (Fsp3) is 0.462. The van der Waals surface area contributed by atoms with E-state index in [9.17, 15) is 9.59 Å². The van der Waals surface area contributed by atoms with Gasteiger partial charge in [0.15, 0.2) is 11.5 Å². The van der Waals surface area contributed by atoms with Crippen LogP contribution in [-0.2, 0) is 16.1 Å². The van der Waals surface area contributed by atoms with E-state index in [1.54, 1.807) is 12.1 Å². The van der Waals surface area contributed by atoms with Gasteiger partial charge < -0.3 is 14.2 Å². The standard InChI is InChI=1S/C26H31N3O5/c1-2-3-14-32-21-7-5-20(6-8-21)29-25(30)16-22(26(29)31)28-12-10-27(11-13-28)17-19-4-9-23-24(15-19)34-18-33-23/h4-9,15,22H,2-3,10-14,16-18H2,1H3. The molecule has 3 aliphatic heterocycles. The van der Waals surface area contributed by atoms with Gasteiger partial charge in [-0.3, -0.25) is 19.4 Å². The fourth-order valence-electron chi connectivity index (χ4n) is 4.73. The second-order valence-corrected chi connectivity index (χ2v) is 8.98. The van der Waals surface area contributed by atoms with Crippen LogP contribution in [0.3, 0.4) is 0 Å². The highest BCUT2D eigenvalue weighted by atomic mass is 16.7. The molecule has 1 unspecified atom stereocenters. The molecule has 5 rings (SSSR count). The minimum Gasteiger partial charge on any atom is -0.494 e. The number of nitrogens with zero attached hydrogens (tertiary/aromatic N) is 3. The number of carbonyl (C=O) groups is 2. The van der Waals surface area contributed by atoms with Crippen molar-refractivity contribution in [2.45, 2.75) is 38.8 Å². The van der Waals surface area contributed by atoms with Gasteiger partial charge in [-0.15, -0.1) is 0 Å². The molecular formula is C26H31N3O5. The quantitative estimate of drug-likeness (QED) is 0.438. The van der Waals surface area contributed by atoms with Crippen LogP contribution in [0.1, 0.15) is 31.7 Å². The summed E-state index contributed by atoms with van der Waals surface area (Å²) < 4.78 is 16.6. The van der Waals surface area contributed by atoms with Crippen molar-refractivity contribution in [1.82, 2.24) is 9.80 Å². The summed E-state index contributed by atoms with van der Waals surface area (Å²) in [6, 6.07) is 12.9. The molecule has 0 bridgehead atoms. The number of imide groups is 1. The molecule has 2 aromatic rings. The molecule has 3 aliphatic rings. The first kappa shape index (κ1) is 22.7. The second kappa shape index (κ2) is 10.0. The van der Waals surface area contributed by atoms with Crippen LogP contribution in [0.4, 0.5) is 5.69 Å². The lowest BCUT2D eigenvalue weighted by Crippen LogP contribution is -2.52. The highest BCUT2D eigenvalue weighted by Gasteiger charge is 2.43. The highest BCUT2D eigenvalue weighted by molar-refractivity contribution is 6.22. The Morgan fingerprint density at radius 2 is 1.74 bits per heavy atom. The summed E-state index contributed by atoms with van der Waals surface area (Å²) in [5.74, 6) is 2.07. The highest BCUT2D eigenvalue weighted by Crippen LogP contribution is 2.33. The monoisotopic (exact) mass is 465 g/mol. The van der Waals surface area contributed by atoms with Crippen LogP contribution in [0.25, 0.3) is 0 Å². The van der Waals surface area contributed by atoms with Crippen molar-refractivity contribution in [1.29, 1.82) is 0 Å². The summed E-state index contributed by atoms with van der Waals surface area (Å²) in [4.78, 5) is 31.8. The topological polar surface area (TPSA) is 71.6 Å². The predicted octanol–water partition coefficient (Wildman–Crippen LogP) is 3.04. The van der Waals surface area contributed by atoms with Crippen LogP contribution in [0, 0.1) is 0 Å². The number of piperazine rings is 1. The largest absolute Gasteiger partial charge is 0.494 e. The summed E-state index contributed by atoms with van der Waals surface area (Å²) in [7, 11) is 0. The number of hydrogen-bond donors (Lipinski definition) is 0. The molecule has 34 heavy (non-hydrogen) atoms. The Kier molecular flexibility index (Phi) is 6.69. The summed E-state index contributed by atoms with van der Waals surface area (Å²) >= 11 is 0. The predicted molar refractivity (Wildman–Crippen MR) is 127 cm³/mol. The zero-order valence-corrected chi connectivity index (χ0v) is 19.6. The van der Waals surface area contributed by atoms with Crippen LogP contribution in [0.5, 0.6) is 17.2 Å². The number of carbonyl (C=O) groups excluding carboxylic acids is 2. The molecule has 180 valence electrons. The molecule has 2 fully saturated rings. The number of hydrogen-bond acceptors (Lipinski definition) is 7. The zero-order chi connectivity index (χ0) is 23.5. The van der Waals surface area contributed by atoms with E-state index >= 15 is 0 Å². The van der Waals surface area contributed by atoms with Crippen molar-refractivity contribution in [3.63, 3.8) is 0 Å². The first-order chi connectivity index (χ1) is 16.6. The van der Waals surface area contributed by atoms with Gasteiger partial charge >= 0.3 is 0 Å². The van der Waals surface area contributed by atoms with Crippen molar-refractivity contribution in [2.24, 2.45) is 0 Å². The number of unbranched alkanes of at least 4 members (excludes halogenated alkanes) is 1. The van der Waals surface area contributed by atoms with E-state index in [4.69, 9.17) is 14.2 Å². The van der Waals surface area contributed by atoms with Gasteiger partial charge in [-0.05, 0) is 48.4 Å². The van der Waals surface area contributed by atoms with E-state index in [-0.39, 0.29) is 31.1 Å². The maximum Gasteiger partial charge on any atom is 0.251 e. The van der Waals surface area contributed by atoms with Crippen LogP contribution < -0.4 is 19.1 Å². The number of amides is 2. The normalized spacial score (nSPS) is 20.9. The molecule has 8 heteroatoms. The lowest BCUT2D eigenvalue weighted by atomic mass is 10.1. The number of benzene rings is 2. The van der Waals surface area contributed by atoms with Crippen molar-refractivity contribution in [3.05, 3.63) is 48.0 Å². The zero-order valence-electron chi connectivity index (χ0n) is 19.6. The van der Waals surface area contributed by atoms with Crippen LogP contribution in [0.15, 0.2) is 42.5 Å². The molecular weight excluding hydrogens is 434 g/mol. The van der Waals surface area contributed by atoms with Crippen LogP contribution in [-0.4, -0.2) is 67.2 Å². The van der Waals surface area contributed by atoms with Gasteiger partial charge in [0.2, 0.25) is 12.7 Å². The first-order valence-corrected chi connectivity index (χ1v) is 12.1. The van der Waals surface area contributed by atoms with Crippen LogP contribution >= 0.6 is 0 Å². The minimum atomic E-state index is -0.388. The van der Waals surface area contributed by atoms with Gasteiger partial charge in [0.25, 0.3) is 5.91 Å². The smallest absolute Gasteiger partial charge is 0.251 e. The number of anilines is 1. The average molecular weight is 466 g/mol. The minimum absolute atomic E-state index is 0.131. The molecule has 1 atom stereocenters. The van der Waals surface area contributed by atoms with Gasteiger partial charge in [0.1, 0.15) is 5.75 Å². The summed E-state index contributed by atoms with van der Waals surface area (Å²) in [5.41, 5.74) is 1.79. The van der Waals surface area contributed by atoms with Gasteiger partial charge in [0, 0.05) is 32.7 Å². The van der Waals surface area contributed by atoms with E-state index in [0.29, 0.717) is 12.3 Å². The molecule has 0 radical (unpaired) electrons. The third kappa shape index (κ3) is 4.74. The van der Waals surface area contributed by atoms with Crippen molar-refractivity contribution >= 4 is 17.5 Å². The molecule has 3 heterocycles. The Bertz CT molecular complexity index is 1030. The Morgan fingerprint density at radius 1 is 0.971 bits per heavy atom. The van der Waals surface area contributed by atoms with E-state index < -0.39 is 0 Å². The summed E-state index contributed by atoms with van der Waals surface area (Å²) in [5, 5.41) is 0. The van der Waals surface area contributed by atoms with Crippen molar-refractivity contribution < 1.29 is 23.8 Å². The average Bonchev–Trinajstić information content (AvgIpc) is 3.44. The first-order valence-electron chi connectivity index (χ1n) is 12.1.